The molecule has 0 saturated heterocycles. The van der Waals surface area contributed by atoms with Crippen molar-refractivity contribution < 1.29 is 14.0 Å². The maximum atomic E-state index is 12.9. The van der Waals surface area contributed by atoms with Gasteiger partial charge in [0, 0.05) is 12.4 Å². The lowest BCUT2D eigenvalue weighted by molar-refractivity contribution is -0.116. The molecule has 1 unspecified atom stereocenters. The minimum Gasteiger partial charge on any atom is -0.292 e. The number of aromatic nitrogens is 2. The molecule has 0 aliphatic heterocycles. The zero-order valence-corrected chi connectivity index (χ0v) is 13.8. The van der Waals surface area contributed by atoms with Crippen LogP contribution in [0.3, 0.4) is 0 Å². The van der Waals surface area contributed by atoms with Crippen molar-refractivity contribution in [3.05, 3.63) is 72.1 Å². The molecule has 25 heavy (non-hydrogen) atoms. The highest BCUT2D eigenvalue weighted by Crippen LogP contribution is 2.10. The number of benzene rings is 1. The van der Waals surface area contributed by atoms with Gasteiger partial charge in [0.1, 0.15) is 17.8 Å². The van der Waals surface area contributed by atoms with Gasteiger partial charge in [-0.2, -0.15) is 0 Å². The second-order valence-corrected chi connectivity index (χ2v) is 5.56. The first-order valence-corrected chi connectivity index (χ1v) is 7.82. The van der Waals surface area contributed by atoms with Gasteiger partial charge in [-0.3, -0.25) is 9.59 Å². The number of hydrogen-bond acceptors (Lipinski definition) is 4. The molecule has 0 aliphatic rings. The molecule has 2 aromatic rings. The average molecular weight is 339 g/mol. The van der Waals surface area contributed by atoms with E-state index >= 15 is 0 Å². The predicted molar refractivity (Wildman–Crippen MR) is 92.9 cm³/mol. The molecular weight excluding hydrogens is 321 g/mol. The van der Waals surface area contributed by atoms with Gasteiger partial charge in [-0.25, -0.2) is 19.4 Å². The van der Waals surface area contributed by atoms with Crippen molar-refractivity contribution in [2.45, 2.75) is 19.8 Å². The summed E-state index contributed by atoms with van der Waals surface area (Å²) in [6, 6.07) is 7.81. The Balaban J connectivity index is 1.79. The summed E-state index contributed by atoms with van der Waals surface area (Å²) < 4.78 is 12.9. The van der Waals surface area contributed by atoms with Crippen molar-refractivity contribution >= 4 is 17.9 Å². The summed E-state index contributed by atoms with van der Waals surface area (Å²) in [6.45, 7) is 2.01. The van der Waals surface area contributed by atoms with Crippen LogP contribution in [0.25, 0.3) is 0 Å². The highest BCUT2D eigenvalue weighted by molar-refractivity contribution is 6.08. The molecule has 0 spiro atoms. The van der Waals surface area contributed by atoms with Gasteiger partial charge in [0.25, 0.3) is 5.91 Å². The number of allylic oxidation sites excluding steroid dienone is 2. The van der Waals surface area contributed by atoms with Crippen LogP contribution in [-0.2, 0) is 11.2 Å². The lowest BCUT2D eigenvalue weighted by Gasteiger charge is -2.05. The minimum atomic E-state index is -0.528. The molecule has 1 amide bonds. The summed E-state index contributed by atoms with van der Waals surface area (Å²) in [4.78, 5) is 34.7. The Hall–Kier alpha value is -3.02. The van der Waals surface area contributed by atoms with Gasteiger partial charge >= 0.3 is 0 Å². The Kier molecular flexibility index (Phi) is 6.83. The van der Waals surface area contributed by atoms with E-state index in [9.17, 15) is 14.0 Å². The van der Waals surface area contributed by atoms with Gasteiger partial charge in [0.05, 0.1) is 6.42 Å². The third-order valence-corrected chi connectivity index (χ3v) is 3.39. The maximum Gasteiger partial charge on any atom is 0.253 e. The molecule has 1 atom stereocenters. The van der Waals surface area contributed by atoms with Crippen LogP contribution in [0.15, 0.2) is 60.0 Å². The predicted octanol–water partition coefficient (Wildman–Crippen LogP) is 3.22. The first kappa shape index (κ1) is 18.3. The largest absolute Gasteiger partial charge is 0.292 e. The Morgan fingerprint density at radius 1 is 1.24 bits per heavy atom. The number of rotatable bonds is 7. The van der Waals surface area contributed by atoms with Gasteiger partial charge in [0.2, 0.25) is 0 Å². The fourth-order valence-corrected chi connectivity index (χ4v) is 2.16. The maximum absolute atomic E-state index is 12.9. The number of carbonyl (C=O) groups excluding carboxylic acids is 2. The zero-order chi connectivity index (χ0) is 18.1. The molecule has 0 radical (unpaired) electrons. The monoisotopic (exact) mass is 339 g/mol. The van der Waals surface area contributed by atoms with Crippen LogP contribution in [0.4, 0.5) is 4.39 Å². The number of halogens is 1. The van der Waals surface area contributed by atoms with E-state index in [0.29, 0.717) is 0 Å². The summed E-state index contributed by atoms with van der Waals surface area (Å²) in [7, 11) is 0. The van der Waals surface area contributed by atoms with Gasteiger partial charge in [-0.15, -0.1) is 0 Å². The van der Waals surface area contributed by atoms with E-state index in [1.54, 1.807) is 18.2 Å². The lowest BCUT2D eigenvalue weighted by atomic mass is 10.0. The van der Waals surface area contributed by atoms with E-state index in [4.69, 9.17) is 0 Å². The average Bonchev–Trinajstić information content (AvgIpc) is 2.61. The molecule has 0 N–H and O–H groups in total. The lowest BCUT2D eigenvalue weighted by Crippen LogP contribution is -2.08. The normalized spacial score (nSPS) is 12.6. The highest BCUT2D eigenvalue weighted by Gasteiger charge is 2.11. The summed E-state index contributed by atoms with van der Waals surface area (Å²) in [6.07, 6.45) is 8.06. The van der Waals surface area contributed by atoms with Gasteiger partial charge in [0.15, 0.2) is 5.78 Å². The number of ketones is 1. The second-order valence-electron chi connectivity index (χ2n) is 5.56. The zero-order valence-electron chi connectivity index (χ0n) is 13.8. The number of Topliss-reactive ketones (excluding diaryl/α,β-unsaturated/α-hetero) is 1. The first-order valence-electron chi connectivity index (χ1n) is 7.82. The third-order valence-electron chi connectivity index (χ3n) is 3.39. The number of carbonyl (C=O) groups is 2. The van der Waals surface area contributed by atoms with Crippen molar-refractivity contribution in [2.75, 3.05) is 0 Å². The summed E-state index contributed by atoms with van der Waals surface area (Å²) in [5, 5.41) is 0. The SMILES string of the molecule is CC(/C=C\C=NC(=O)CC(=O)c1ccncn1)Cc1ccc(F)cc1. The summed E-state index contributed by atoms with van der Waals surface area (Å²) >= 11 is 0. The molecule has 6 heteroatoms. The Bertz CT molecular complexity index is 771. The van der Waals surface area contributed by atoms with E-state index in [-0.39, 0.29) is 23.8 Å². The minimum absolute atomic E-state index is 0.196. The van der Waals surface area contributed by atoms with E-state index in [1.165, 1.54) is 36.9 Å². The fraction of sp³-hybridized carbons (Fsp3) is 0.211. The highest BCUT2D eigenvalue weighted by atomic mass is 19.1. The van der Waals surface area contributed by atoms with Crippen LogP contribution in [0.2, 0.25) is 0 Å². The van der Waals surface area contributed by atoms with Crippen LogP contribution in [-0.4, -0.2) is 27.9 Å². The van der Waals surface area contributed by atoms with Crippen molar-refractivity contribution in [1.82, 2.24) is 9.97 Å². The quantitative estimate of drug-likeness (QED) is 0.441. The number of nitrogens with zero attached hydrogens (tertiary/aromatic N) is 3. The molecule has 0 aliphatic carbocycles. The van der Waals surface area contributed by atoms with Crippen molar-refractivity contribution in [3.8, 4) is 0 Å². The van der Waals surface area contributed by atoms with Gasteiger partial charge in [-0.1, -0.05) is 25.1 Å². The third kappa shape index (κ3) is 6.55. The van der Waals surface area contributed by atoms with Gasteiger partial charge in [-0.05, 0) is 42.2 Å². The van der Waals surface area contributed by atoms with E-state index in [1.807, 2.05) is 13.0 Å². The Morgan fingerprint density at radius 2 is 2.00 bits per heavy atom. The smallest absolute Gasteiger partial charge is 0.253 e. The summed E-state index contributed by atoms with van der Waals surface area (Å²) in [5.41, 5.74) is 1.23. The standard InChI is InChI=1S/C19H18FN3O2/c1-14(11-15-4-6-16(20)7-5-15)3-2-9-22-19(25)12-18(24)17-8-10-21-13-23-17/h2-10,13-14H,11-12H2,1H3/b3-2-,22-9?. The molecule has 0 fully saturated rings. The van der Waals surface area contributed by atoms with E-state index < -0.39 is 11.7 Å². The van der Waals surface area contributed by atoms with Crippen molar-refractivity contribution in [2.24, 2.45) is 10.9 Å². The Morgan fingerprint density at radius 3 is 2.68 bits per heavy atom. The molecule has 1 aromatic carbocycles. The van der Waals surface area contributed by atoms with Crippen LogP contribution in [0, 0.1) is 11.7 Å². The van der Waals surface area contributed by atoms with Crippen LogP contribution in [0.5, 0.6) is 0 Å². The molecule has 0 saturated carbocycles. The number of hydrogen-bond donors (Lipinski definition) is 0. The molecular formula is C19H18FN3O2. The molecule has 1 aromatic heterocycles. The number of amides is 1. The molecule has 1 heterocycles. The molecule has 2 rings (SSSR count). The van der Waals surface area contributed by atoms with E-state index in [0.717, 1.165) is 12.0 Å². The van der Waals surface area contributed by atoms with Gasteiger partial charge < -0.3 is 0 Å². The van der Waals surface area contributed by atoms with Crippen LogP contribution < -0.4 is 0 Å². The topological polar surface area (TPSA) is 72.3 Å². The second kappa shape index (κ2) is 9.32. The fourth-order valence-electron chi connectivity index (χ4n) is 2.16. The van der Waals surface area contributed by atoms with Crippen LogP contribution >= 0.6 is 0 Å². The molecule has 0 bridgehead atoms. The van der Waals surface area contributed by atoms with Crippen molar-refractivity contribution in [3.63, 3.8) is 0 Å². The number of aliphatic imine (C=N–C) groups is 1. The van der Waals surface area contributed by atoms with Crippen LogP contribution in [0.1, 0.15) is 29.4 Å². The van der Waals surface area contributed by atoms with E-state index in [2.05, 4.69) is 15.0 Å². The molecule has 5 nitrogen and oxygen atoms in total. The molecule has 128 valence electrons. The Labute approximate surface area is 145 Å². The summed E-state index contributed by atoms with van der Waals surface area (Å²) in [5.74, 6) is -0.971. The first-order chi connectivity index (χ1) is 12.0. The van der Waals surface area contributed by atoms with Crippen molar-refractivity contribution in [1.29, 1.82) is 0 Å².